The summed E-state index contributed by atoms with van der Waals surface area (Å²) in [6.07, 6.45) is 0.156. The number of alkyl carbamates (subject to hydrolysis) is 1. The fourth-order valence-corrected chi connectivity index (χ4v) is 2.34. The van der Waals surface area contributed by atoms with Crippen LogP contribution in [0.2, 0.25) is 0 Å². The summed E-state index contributed by atoms with van der Waals surface area (Å²) in [5.41, 5.74) is 1.59. The molecule has 5 heteroatoms. The Morgan fingerprint density at radius 3 is 2.20 bits per heavy atom. The summed E-state index contributed by atoms with van der Waals surface area (Å²) in [4.78, 5) is 24.6. The fourth-order valence-electron chi connectivity index (χ4n) is 2.34. The SMILES string of the molecule is CCC(C)C(NC(=O)OCc1ccccc1)C(=O)Nc1ccccc1. The van der Waals surface area contributed by atoms with E-state index in [1.165, 1.54) is 0 Å². The standard InChI is InChI=1S/C20H24N2O3/c1-3-15(2)18(19(23)21-17-12-8-5-9-13-17)22-20(24)25-14-16-10-6-4-7-11-16/h4-13,15,18H,3,14H2,1-2H3,(H,21,23)(H,22,24). The van der Waals surface area contributed by atoms with Crippen molar-refractivity contribution in [2.75, 3.05) is 5.32 Å². The zero-order valence-corrected chi connectivity index (χ0v) is 14.6. The average Bonchev–Trinajstić information content (AvgIpc) is 2.65. The van der Waals surface area contributed by atoms with Crippen LogP contribution in [0, 0.1) is 5.92 Å². The first-order valence-electron chi connectivity index (χ1n) is 8.43. The van der Waals surface area contributed by atoms with E-state index >= 15 is 0 Å². The minimum atomic E-state index is -0.659. The molecule has 2 rings (SSSR count). The molecule has 0 aliphatic heterocycles. The van der Waals surface area contributed by atoms with Gasteiger partial charge in [-0.25, -0.2) is 4.79 Å². The number of hydrogen-bond donors (Lipinski definition) is 2. The smallest absolute Gasteiger partial charge is 0.408 e. The molecule has 25 heavy (non-hydrogen) atoms. The highest BCUT2D eigenvalue weighted by molar-refractivity contribution is 5.96. The van der Waals surface area contributed by atoms with Crippen LogP contribution in [0.4, 0.5) is 10.5 Å². The van der Waals surface area contributed by atoms with Crippen molar-refractivity contribution in [3.05, 3.63) is 66.2 Å². The van der Waals surface area contributed by atoms with Crippen LogP contribution < -0.4 is 10.6 Å². The van der Waals surface area contributed by atoms with Gasteiger partial charge in [0.15, 0.2) is 0 Å². The zero-order chi connectivity index (χ0) is 18.1. The lowest BCUT2D eigenvalue weighted by molar-refractivity contribution is -0.119. The van der Waals surface area contributed by atoms with E-state index < -0.39 is 12.1 Å². The monoisotopic (exact) mass is 340 g/mol. The Hall–Kier alpha value is -2.82. The van der Waals surface area contributed by atoms with Gasteiger partial charge in [-0.15, -0.1) is 0 Å². The first-order chi connectivity index (χ1) is 12.1. The normalized spacial score (nSPS) is 12.7. The van der Waals surface area contributed by atoms with Crippen LogP contribution in [0.3, 0.4) is 0 Å². The largest absolute Gasteiger partial charge is 0.445 e. The predicted molar refractivity (Wildman–Crippen MR) is 98.1 cm³/mol. The van der Waals surface area contributed by atoms with E-state index in [4.69, 9.17) is 4.74 Å². The maximum absolute atomic E-state index is 12.5. The second-order valence-corrected chi connectivity index (χ2v) is 5.92. The topological polar surface area (TPSA) is 67.4 Å². The summed E-state index contributed by atoms with van der Waals surface area (Å²) < 4.78 is 5.22. The maximum Gasteiger partial charge on any atom is 0.408 e. The van der Waals surface area contributed by atoms with Crippen LogP contribution in [0.5, 0.6) is 0 Å². The van der Waals surface area contributed by atoms with Crippen LogP contribution in [0.15, 0.2) is 60.7 Å². The summed E-state index contributed by atoms with van der Waals surface area (Å²) >= 11 is 0. The van der Waals surface area contributed by atoms with E-state index in [-0.39, 0.29) is 18.4 Å². The third-order valence-corrected chi connectivity index (χ3v) is 4.02. The highest BCUT2D eigenvalue weighted by atomic mass is 16.5. The molecule has 2 atom stereocenters. The van der Waals surface area contributed by atoms with Crippen LogP contribution in [0.1, 0.15) is 25.8 Å². The lowest BCUT2D eigenvalue weighted by Gasteiger charge is -2.23. The van der Waals surface area contributed by atoms with Gasteiger partial charge in [0.2, 0.25) is 5.91 Å². The van der Waals surface area contributed by atoms with Crippen molar-refractivity contribution in [3.63, 3.8) is 0 Å². The lowest BCUT2D eigenvalue weighted by atomic mass is 9.98. The Bertz CT molecular complexity index is 674. The minimum Gasteiger partial charge on any atom is -0.445 e. The number of rotatable bonds is 7. The Labute approximate surface area is 148 Å². The molecule has 0 aliphatic carbocycles. The summed E-state index contributed by atoms with van der Waals surface area (Å²) in [7, 11) is 0. The van der Waals surface area contributed by atoms with Crippen molar-refractivity contribution in [2.24, 2.45) is 5.92 Å². The molecule has 2 aromatic rings. The van der Waals surface area contributed by atoms with Crippen molar-refractivity contribution in [1.29, 1.82) is 0 Å². The van der Waals surface area contributed by atoms with Crippen molar-refractivity contribution < 1.29 is 14.3 Å². The van der Waals surface area contributed by atoms with Gasteiger partial charge in [-0.2, -0.15) is 0 Å². The molecule has 2 unspecified atom stereocenters. The van der Waals surface area contributed by atoms with Crippen LogP contribution >= 0.6 is 0 Å². The molecular weight excluding hydrogens is 316 g/mol. The summed E-state index contributed by atoms with van der Waals surface area (Å²) in [5.74, 6) is -0.273. The summed E-state index contributed by atoms with van der Waals surface area (Å²) in [6, 6.07) is 17.9. The number of para-hydroxylation sites is 1. The van der Waals surface area contributed by atoms with E-state index in [0.29, 0.717) is 5.69 Å². The molecule has 2 amide bonds. The average molecular weight is 340 g/mol. The van der Waals surface area contributed by atoms with Gasteiger partial charge in [-0.1, -0.05) is 68.8 Å². The fraction of sp³-hybridized carbons (Fsp3) is 0.300. The first kappa shape index (κ1) is 18.5. The quantitative estimate of drug-likeness (QED) is 0.801. The lowest BCUT2D eigenvalue weighted by Crippen LogP contribution is -2.47. The molecule has 0 bridgehead atoms. The summed E-state index contributed by atoms with van der Waals surface area (Å²) in [5, 5.41) is 5.51. The number of ether oxygens (including phenoxy) is 1. The number of carbonyl (C=O) groups is 2. The Balaban J connectivity index is 1.94. The highest BCUT2D eigenvalue weighted by Crippen LogP contribution is 2.12. The molecule has 2 aromatic carbocycles. The van der Waals surface area contributed by atoms with Crippen LogP contribution in [-0.4, -0.2) is 18.0 Å². The summed E-state index contributed by atoms with van der Waals surface area (Å²) in [6.45, 7) is 4.07. The molecule has 132 valence electrons. The highest BCUT2D eigenvalue weighted by Gasteiger charge is 2.26. The van der Waals surface area contributed by atoms with Gasteiger partial charge in [0, 0.05) is 5.69 Å². The van der Waals surface area contributed by atoms with E-state index in [1.807, 2.05) is 62.4 Å². The second-order valence-electron chi connectivity index (χ2n) is 5.92. The van der Waals surface area contributed by atoms with E-state index in [1.54, 1.807) is 12.1 Å². The van der Waals surface area contributed by atoms with Crippen molar-refractivity contribution in [3.8, 4) is 0 Å². The van der Waals surface area contributed by atoms with Gasteiger partial charge in [0.05, 0.1) is 0 Å². The molecule has 0 spiro atoms. The third kappa shape index (κ3) is 5.95. The van der Waals surface area contributed by atoms with Gasteiger partial charge < -0.3 is 15.4 Å². The minimum absolute atomic E-state index is 0.0204. The molecule has 0 aromatic heterocycles. The number of carbonyl (C=O) groups excluding carboxylic acids is 2. The van der Waals surface area contributed by atoms with Gasteiger partial charge >= 0.3 is 6.09 Å². The molecule has 2 N–H and O–H groups in total. The van der Waals surface area contributed by atoms with Crippen molar-refractivity contribution in [1.82, 2.24) is 5.32 Å². The second kappa shape index (κ2) is 9.47. The Kier molecular flexibility index (Phi) is 7.01. The number of hydrogen-bond acceptors (Lipinski definition) is 3. The van der Waals surface area contributed by atoms with Crippen LogP contribution in [-0.2, 0) is 16.1 Å². The zero-order valence-electron chi connectivity index (χ0n) is 14.6. The van der Waals surface area contributed by atoms with E-state index in [0.717, 1.165) is 12.0 Å². The molecule has 0 aliphatic rings. The van der Waals surface area contributed by atoms with E-state index in [9.17, 15) is 9.59 Å². The molecule has 0 heterocycles. The molecule has 0 saturated carbocycles. The Morgan fingerprint density at radius 2 is 1.60 bits per heavy atom. The maximum atomic E-state index is 12.5. The molecular formula is C20H24N2O3. The van der Waals surface area contributed by atoms with Gasteiger partial charge in [0.1, 0.15) is 12.6 Å². The van der Waals surface area contributed by atoms with Gasteiger partial charge in [0.25, 0.3) is 0 Å². The Morgan fingerprint density at radius 1 is 1.00 bits per heavy atom. The van der Waals surface area contributed by atoms with Crippen molar-refractivity contribution in [2.45, 2.75) is 32.9 Å². The molecule has 0 saturated heterocycles. The number of nitrogens with one attached hydrogen (secondary N) is 2. The van der Waals surface area contributed by atoms with Crippen LogP contribution in [0.25, 0.3) is 0 Å². The van der Waals surface area contributed by atoms with Gasteiger partial charge in [-0.05, 0) is 23.6 Å². The first-order valence-corrected chi connectivity index (χ1v) is 8.43. The third-order valence-electron chi connectivity index (χ3n) is 4.02. The molecule has 0 radical (unpaired) electrons. The van der Waals surface area contributed by atoms with Crippen molar-refractivity contribution >= 4 is 17.7 Å². The number of benzene rings is 2. The van der Waals surface area contributed by atoms with Gasteiger partial charge in [-0.3, -0.25) is 4.79 Å². The predicted octanol–water partition coefficient (Wildman–Crippen LogP) is 3.97. The molecule has 0 fully saturated rings. The van der Waals surface area contributed by atoms with E-state index in [2.05, 4.69) is 10.6 Å². The number of anilines is 1. The molecule has 5 nitrogen and oxygen atoms in total. The number of amides is 2.